The van der Waals surface area contributed by atoms with Gasteiger partial charge in [0, 0.05) is 13.1 Å². The van der Waals surface area contributed by atoms with E-state index < -0.39 is 0 Å². The number of nitrogens with zero attached hydrogens (tertiary/aromatic N) is 4. The zero-order chi connectivity index (χ0) is 26.7. The van der Waals surface area contributed by atoms with Gasteiger partial charge in [-0.25, -0.2) is 9.78 Å². The number of benzene rings is 1. The number of hydrogen-bond donors (Lipinski definition) is 1. The van der Waals surface area contributed by atoms with Crippen molar-refractivity contribution in [1.82, 2.24) is 9.97 Å². The van der Waals surface area contributed by atoms with Crippen LogP contribution in [0.3, 0.4) is 0 Å². The third-order valence-corrected chi connectivity index (χ3v) is 7.21. The van der Waals surface area contributed by atoms with E-state index in [1.54, 1.807) is 43.5 Å². The molecular formula is C28H39N5O4. The zero-order valence-corrected chi connectivity index (χ0v) is 22.8. The summed E-state index contributed by atoms with van der Waals surface area (Å²) in [5.74, 6) is 1.80. The molecule has 2 atom stereocenters. The highest BCUT2D eigenvalue weighted by molar-refractivity contribution is 6.04. The van der Waals surface area contributed by atoms with E-state index in [-0.39, 0.29) is 24.0 Å². The molecule has 1 aliphatic carbocycles. The maximum absolute atomic E-state index is 13.1. The van der Waals surface area contributed by atoms with Crippen molar-refractivity contribution in [3.63, 3.8) is 0 Å². The Kier molecular flexibility index (Phi) is 8.19. The maximum atomic E-state index is 13.1. The van der Waals surface area contributed by atoms with E-state index in [9.17, 15) is 9.59 Å². The summed E-state index contributed by atoms with van der Waals surface area (Å²) in [7, 11) is 3.34. The molecule has 1 saturated carbocycles. The van der Waals surface area contributed by atoms with Crippen molar-refractivity contribution in [1.29, 1.82) is 0 Å². The van der Waals surface area contributed by atoms with Gasteiger partial charge in [-0.3, -0.25) is 4.79 Å². The second kappa shape index (κ2) is 11.4. The molecule has 0 saturated heterocycles. The monoisotopic (exact) mass is 509 g/mol. The van der Waals surface area contributed by atoms with Crippen molar-refractivity contribution in [3.8, 4) is 5.75 Å². The van der Waals surface area contributed by atoms with Gasteiger partial charge >= 0.3 is 5.97 Å². The fraction of sp³-hybridized carbons (Fsp3) is 0.571. The summed E-state index contributed by atoms with van der Waals surface area (Å²) in [6, 6.07) is 5.20. The summed E-state index contributed by atoms with van der Waals surface area (Å²) in [5.41, 5.74) is 1.77. The molecule has 0 spiro atoms. The Hall–Kier alpha value is -3.36. The SMILES string of the molecule is CC[C@@H]1C(=O)N(C)c2cnc(Nc3ccc(C(=O)OC(C)CC(C)C)cc3OC)nc2N1C1CCCC1. The number of amides is 1. The van der Waals surface area contributed by atoms with E-state index in [2.05, 4.69) is 29.0 Å². The lowest BCUT2D eigenvalue weighted by molar-refractivity contribution is -0.120. The van der Waals surface area contributed by atoms with Gasteiger partial charge in [-0.15, -0.1) is 0 Å². The average Bonchev–Trinajstić information content (AvgIpc) is 3.40. The van der Waals surface area contributed by atoms with Crippen molar-refractivity contribution in [2.24, 2.45) is 5.92 Å². The van der Waals surface area contributed by atoms with E-state index in [1.807, 2.05) is 13.8 Å². The number of anilines is 4. The number of esters is 1. The lowest BCUT2D eigenvalue weighted by atomic mass is 10.0. The zero-order valence-electron chi connectivity index (χ0n) is 22.8. The number of ether oxygens (including phenoxy) is 2. The van der Waals surface area contributed by atoms with Crippen LogP contribution < -0.4 is 19.9 Å². The van der Waals surface area contributed by atoms with Crippen LogP contribution in [0.15, 0.2) is 24.4 Å². The standard InChI is InChI=1S/C28H39N5O4/c1-7-22-26(34)32(5)23-16-29-28(31-25(23)33(22)20-10-8-9-11-20)30-21-13-12-19(15-24(21)36-6)27(35)37-18(4)14-17(2)3/h12-13,15-18,20,22H,7-11,14H2,1-6H3,(H,29,30,31)/t18?,22-/m1/s1. The van der Waals surface area contributed by atoms with Crippen molar-refractivity contribution in [3.05, 3.63) is 30.0 Å². The average molecular weight is 510 g/mol. The van der Waals surface area contributed by atoms with E-state index in [0.29, 0.717) is 47.0 Å². The maximum Gasteiger partial charge on any atom is 0.338 e. The summed E-state index contributed by atoms with van der Waals surface area (Å²) in [6.45, 7) is 8.15. The molecule has 1 aromatic carbocycles. The number of carbonyl (C=O) groups excluding carboxylic acids is 2. The number of carbonyl (C=O) groups is 2. The number of methoxy groups -OCH3 is 1. The highest BCUT2D eigenvalue weighted by atomic mass is 16.5. The van der Waals surface area contributed by atoms with Crippen LogP contribution in [0.1, 0.15) is 76.6 Å². The lowest BCUT2D eigenvalue weighted by Gasteiger charge is -2.43. The quantitative estimate of drug-likeness (QED) is 0.454. The Morgan fingerprint density at radius 2 is 1.95 bits per heavy atom. The van der Waals surface area contributed by atoms with Crippen molar-refractivity contribution in [2.75, 3.05) is 29.3 Å². The van der Waals surface area contributed by atoms with Crippen LogP contribution in [0.5, 0.6) is 5.75 Å². The van der Waals surface area contributed by atoms with Gasteiger partial charge in [-0.2, -0.15) is 4.98 Å². The Morgan fingerprint density at radius 1 is 1.22 bits per heavy atom. The largest absolute Gasteiger partial charge is 0.495 e. The van der Waals surface area contributed by atoms with Crippen LogP contribution in [0.4, 0.5) is 23.1 Å². The summed E-state index contributed by atoms with van der Waals surface area (Å²) in [4.78, 5) is 39.0. The molecule has 1 aliphatic heterocycles. The van der Waals surface area contributed by atoms with Crippen molar-refractivity contribution >= 4 is 35.0 Å². The minimum absolute atomic E-state index is 0.0815. The molecule has 4 rings (SSSR count). The molecule has 1 fully saturated rings. The van der Waals surface area contributed by atoms with Gasteiger partial charge in [0.2, 0.25) is 11.9 Å². The number of likely N-dealkylation sites (N-methyl/N-ethyl adjacent to an activating group) is 1. The third kappa shape index (κ3) is 5.65. The van der Waals surface area contributed by atoms with Gasteiger partial charge in [0.05, 0.1) is 30.7 Å². The highest BCUT2D eigenvalue weighted by Gasteiger charge is 2.41. The molecule has 1 unspecified atom stereocenters. The Morgan fingerprint density at radius 3 is 2.59 bits per heavy atom. The molecule has 0 radical (unpaired) electrons. The van der Waals surface area contributed by atoms with Crippen LogP contribution >= 0.6 is 0 Å². The van der Waals surface area contributed by atoms with Crippen molar-refractivity contribution < 1.29 is 19.1 Å². The minimum Gasteiger partial charge on any atom is -0.495 e. The van der Waals surface area contributed by atoms with E-state index in [4.69, 9.17) is 14.5 Å². The number of aromatic nitrogens is 2. The first kappa shape index (κ1) is 26.7. The minimum atomic E-state index is -0.381. The second-order valence-corrected chi connectivity index (χ2v) is 10.5. The topological polar surface area (TPSA) is 96.9 Å². The molecule has 1 aromatic heterocycles. The summed E-state index contributed by atoms with van der Waals surface area (Å²) in [6.07, 6.45) is 7.49. The Balaban J connectivity index is 1.60. The fourth-order valence-corrected chi connectivity index (χ4v) is 5.45. The number of nitrogens with one attached hydrogen (secondary N) is 1. The van der Waals surface area contributed by atoms with Crippen LogP contribution in [-0.2, 0) is 9.53 Å². The predicted octanol–water partition coefficient (Wildman–Crippen LogP) is 5.32. The molecule has 9 heteroatoms. The third-order valence-electron chi connectivity index (χ3n) is 7.21. The first-order valence-electron chi connectivity index (χ1n) is 13.3. The number of hydrogen-bond acceptors (Lipinski definition) is 8. The molecule has 1 amide bonds. The second-order valence-electron chi connectivity index (χ2n) is 10.5. The summed E-state index contributed by atoms with van der Waals surface area (Å²) >= 11 is 0. The normalized spacial score (nSPS) is 18.7. The molecule has 37 heavy (non-hydrogen) atoms. The first-order chi connectivity index (χ1) is 17.7. The molecule has 2 aliphatic rings. The lowest BCUT2D eigenvalue weighted by Crippen LogP contribution is -2.55. The Bertz CT molecular complexity index is 1130. The van der Waals surface area contributed by atoms with Gasteiger partial charge in [0.1, 0.15) is 17.5 Å². The smallest absolute Gasteiger partial charge is 0.338 e. The fourth-order valence-electron chi connectivity index (χ4n) is 5.45. The van der Waals surface area contributed by atoms with Crippen LogP contribution in [0.25, 0.3) is 0 Å². The highest BCUT2D eigenvalue weighted by Crippen LogP contribution is 2.40. The van der Waals surface area contributed by atoms with E-state index in [1.165, 1.54) is 0 Å². The number of fused-ring (bicyclic) bond motifs is 1. The molecule has 2 heterocycles. The Labute approximate surface area is 219 Å². The van der Waals surface area contributed by atoms with Gasteiger partial charge in [-0.05, 0) is 56.7 Å². The van der Waals surface area contributed by atoms with Crippen LogP contribution in [-0.4, -0.2) is 54.2 Å². The predicted molar refractivity (Wildman–Crippen MR) is 145 cm³/mol. The molecular weight excluding hydrogens is 470 g/mol. The molecule has 1 N–H and O–H groups in total. The van der Waals surface area contributed by atoms with E-state index in [0.717, 1.165) is 37.9 Å². The van der Waals surface area contributed by atoms with Crippen molar-refractivity contribution in [2.45, 2.75) is 84.4 Å². The summed E-state index contributed by atoms with van der Waals surface area (Å²) < 4.78 is 11.2. The van der Waals surface area contributed by atoms with Crippen LogP contribution in [0.2, 0.25) is 0 Å². The van der Waals surface area contributed by atoms with E-state index >= 15 is 0 Å². The van der Waals surface area contributed by atoms with Gasteiger partial charge in [0.15, 0.2) is 5.82 Å². The van der Waals surface area contributed by atoms with Crippen LogP contribution in [0, 0.1) is 5.92 Å². The van der Waals surface area contributed by atoms with Gasteiger partial charge < -0.3 is 24.6 Å². The van der Waals surface area contributed by atoms with Gasteiger partial charge in [-0.1, -0.05) is 33.6 Å². The van der Waals surface area contributed by atoms with Gasteiger partial charge in [0.25, 0.3) is 0 Å². The number of rotatable bonds is 9. The first-order valence-corrected chi connectivity index (χ1v) is 13.3. The molecule has 200 valence electrons. The molecule has 9 nitrogen and oxygen atoms in total. The summed E-state index contributed by atoms with van der Waals surface area (Å²) in [5, 5.41) is 3.25. The molecule has 0 bridgehead atoms. The molecule has 2 aromatic rings.